The average molecular weight is 184 g/mol. The third-order valence-corrected chi connectivity index (χ3v) is 1.76. The first-order valence-corrected chi connectivity index (χ1v) is 4.97. The Hall–Kier alpha value is -1.56. The highest BCUT2D eigenvalue weighted by Crippen LogP contribution is 1.92. The highest BCUT2D eigenvalue weighted by Gasteiger charge is 1.71. The van der Waals surface area contributed by atoms with Crippen LogP contribution in [0.1, 0.15) is 12.8 Å². The predicted molar refractivity (Wildman–Crippen MR) is 64.1 cm³/mol. The monoisotopic (exact) mass is 184 g/mol. The van der Waals surface area contributed by atoms with Crippen LogP contribution in [0.25, 0.3) is 0 Å². The minimum atomic E-state index is 0.988. The summed E-state index contributed by atoms with van der Waals surface area (Å²) < 4.78 is 0. The van der Waals surface area contributed by atoms with Gasteiger partial charge in [0.1, 0.15) is 0 Å². The molecule has 1 rings (SSSR count). The maximum Gasteiger partial charge on any atom is -0.0163 e. The fourth-order valence-corrected chi connectivity index (χ4v) is 1.04. The summed E-state index contributed by atoms with van der Waals surface area (Å²) in [6.07, 6.45) is 27.0. The Morgan fingerprint density at radius 3 is 0.929 bits per heavy atom. The number of hydrogen-bond donors (Lipinski definition) is 0. The molecular formula is C14H16. The Bertz CT molecular complexity index is 236. The molecule has 0 aliphatic heterocycles. The molecule has 0 amide bonds. The maximum atomic E-state index is 2.14. The predicted octanol–water partition coefficient (Wildman–Crippen LogP) is 4.12. The first kappa shape index (κ1) is 10.5. The second-order valence-corrected chi connectivity index (χ2v) is 2.95. The normalized spacial score (nSPS) is 30.9. The third kappa shape index (κ3) is 6.01. The zero-order valence-electron chi connectivity index (χ0n) is 8.34. The molecule has 0 heterocycles. The van der Waals surface area contributed by atoms with Gasteiger partial charge in [-0.3, -0.25) is 0 Å². The zero-order chi connectivity index (χ0) is 9.90. The van der Waals surface area contributed by atoms with Gasteiger partial charge in [0.05, 0.1) is 0 Å². The molecule has 0 radical (unpaired) electrons. The average Bonchev–Trinajstić information content (AvgIpc) is 2.22. The van der Waals surface area contributed by atoms with Gasteiger partial charge in [-0.05, 0) is 12.8 Å². The zero-order valence-corrected chi connectivity index (χ0v) is 8.34. The molecule has 0 unspecified atom stereocenters. The molecule has 0 atom stereocenters. The van der Waals surface area contributed by atoms with Crippen LogP contribution >= 0.6 is 0 Å². The Morgan fingerprint density at radius 2 is 0.643 bits per heavy atom. The second-order valence-electron chi connectivity index (χ2n) is 2.95. The number of allylic oxidation sites excluding steroid dienone is 12. The van der Waals surface area contributed by atoms with Crippen LogP contribution in [0.3, 0.4) is 0 Å². The van der Waals surface area contributed by atoms with Gasteiger partial charge in [0.2, 0.25) is 0 Å². The molecular weight excluding hydrogens is 168 g/mol. The highest BCUT2D eigenvalue weighted by molar-refractivity contribution is 5.16. The maximum absolute atomic E-state index is 2.14. The molecule has 1 aliphatic rings. The minimum Gasteiger partial charge on any atom is -0.0807 e. The van der Waals surface area contributed by atoms with Gasteiger partial charge in [-0.25, -0.2) is 0 Å². The van der Waals surface area contributed by atoms with Crippen molar-refractivity contribution in [3.05, 3.63) is 72.9 Å². The van der Waals surface area contributed by atoms with Crippen molar-refractivity contribution in [2.75, 3.05) is 0 Å². The van der Waals surface area contributed by atoms with Crippen LogP contribution in [0.2, 0.25) is 0 Å². The molecule has 0 N–H and O–H groups in total. The van der Waals surface area contributed by atoms with E-state index in [2.05, 4.69) is 72.9 Å². The van der Waals surface area contributed by atoms with Crippen LogP contribution in [-0.4, -0.2) is 0 Å². The lowest BCUT2D eigenvalue weighted by molar-refractivity contribution is 1.38. The van der Waals surface area contributed by atoms with Gasteiger partial charge in [0.25, 0.3) is 0 Å². The van der Waals surface area contributed by atoms with Crippen molar-refractivity contribution in [2.45, 2.75) is 12.8 Å². The van der Waals surface area contributed by atoms with Crippen molar-refractivity contribution in [2.24, 2.45) is 0 Å². The summed E-state index contributed by atoms with van der Waals surface area (Å²) >= 11 is 0. The Morgan fingerprint density at radius 1 is 0.357 bits per heavy atom. The smallest absolute Gasteiger partial charge is 0.0163 e. The molecule has 0 aromatic heterocycles. The van der Waals surface area contributed by atoms with E-state index in [-0.39, 0.29) is 0 Å². The molecule has 0 nitrogen and oxygen atoms in total. The molecule has 0 fully saturated rings. The van der Waals surface area contributed by atoms with Crippen LogP contribution in [-0.2, 0) is 0 Å². The van der Waals surface area contributed by atoms with E-state index >= 15 is 0 Å². The third-order valence-electron chi connectivity index (χ3n) is 1.76. The van der Waals surface area contributed by atoms with E-state index in [0.29, 0.717) is 0 Å². The van der Waals surface area contributed by atoms with E-state index in [0.717, 1.165) is 12.8 Å². The topological polar surface area (TPSA) is 0 Å². The molecule has 14 heavy (non-hydrogen) atoms. The van der Waals surface area contributed by atoms with Crippen LogP contribution in [0.4, 0.5) is 0 Å². The molecule has 0 bridgehead atoms. The summed E-state index contributed by atoms with van der Waals surface area (Å²) in [6.45, 7) is 0. The van der Waals surface area contributed by atoms with Crippen molar-refractivity contribution in [3.8, 4) is 0 Å². The second kappa shape index (κ2) is 8.06. The molecule has 0 spiro atoms. The van der Waals surface area contributed by atoms with Gasteiger partial charge in [0.15, 0.2) is 0 Å². The van der Waals surface area contributed by atoms with Gasteiger partial charge in [-0.1, -0.05) is 72.9 Å². The Balaban J connectivity index is 2.55. The lowest BCUT2D eigenvalue weighted by Crippen LogP contribution is -1.60. The number of hydrogen-bond acceptors (Lipinski definition) is 0. The highest BCUT2D eigenvalue weighted by atomic mass is 13.8. The lowest BCUT2D eigenvalue weighted by Gasteiger charge is -1.82. The van der Waals surface area contributed by atoms with Crippen molar-refractivity contribution in [1.29, 1.82) is 0 Å². The minimum absolute atomic E-state index is 0.988. The largest absolute Gasteiger partial charge is 0.0807 e. The molecule has 72 valence electrons. The van der Waals surface area contributed by atoms with Crippen molar-refractivity contribution in [1.82, 2.24) is 0 Å². The van der Waals surface area contributed by atoms with Crippen molar-refractivity contribution < 1.29 is 0 Å². The summed E-state index contributed by atoms with van der Waals surface area (Å²) in [5.74, 6) is 0. The van der Waals surface area contributed by atoms with Gasteiger partial charge in [-0.2, -0.15) is 0 Å². The SMILES string of the molecule is C1=C\C=C\C/C=C/C=C\C=C\C/C=C/1. The van der Waals surface area contributed by atoms with Crippen LogP contribution in [0.15, 0.2) is 72.9 Å². The summed E-state index contributed by atoms with van der Waals surface area (Å²) in [6, 6.07) is 0. The Labute approximate surface area is 86.3 Å². The Kier molecular flexibility index (Phi) is 6.05. The van der Waals surface area contributed by atoms with E-state index < -0.39 is 0 Å². The lowest BCUT2D eigenvalue weighted by atomic mass is 10.3. The standard InChI is InChI=1S/C14H16/c1-2-4-6-8-10-12-14-13-11-9-7-5-3-1/h1-6,9-14H,7-8H2/b2-1-,5-3+,6-4+,11-9+,12-10+,14-13-. The van der Waals surface area contributed by atoms with E-state index in [1.807, 2.05) is 0 Å². The first-order valence-electron chi connectivity index (χ1n) is 4.97. The summed E-state index contributed by atoms with van der Waals surface area (Å²) in [4.78, 5) is 0. The first-order chi connectivity index (χ1) is 7.00. The van der Waals surface area contributed by atoms with Gasteiger partial charge >= 0.3 is 0 Å². The van der Waals surface area contributed by atoms with E-state index in [4.69, 9.17) is 0 Å². The molecule has 0 aromatic rings. The van der Waals surface area contributed by atoms with Crippen LogP contribution in [0.5, 0.6) is 0 Å². The summed E-state index contributed by atoms with van der Waals surface area (Å²) in [7, 11) is 0. The fourth-order valence-electron chi connectivity index (χ4n) is 1.04. The van der Waals surface area contributed by atoms with Crippen molar-refractivity contribution >= 4 is 0 Å². The van der Waals surface area contributed by atoms with E-state index in [1.165, 1.54) is 0 Å². The van der Waals surface area contributed by atoms with Crippen LogP contribution < -0.4 is 0 Å². The van der Waals surface area contributed by atoms with Crippen molar-refractivity contribution in [3.63, 3.8) is 0 Å². The number of rotatable bonds is 0. The van der Waals surface area contributed by atoms with E-state index in [1.54, 1.807) is 0 Å². The molecule has 0 aromatic carbocycles. The van der Waals surface area contributed by atoms with Crippen LogP contribution in [0, 0.1) is 0 Å². The van der Waals surface area contributed by atoms with Gasteiger partial charge in [0, 0.05) is 0 Å². The molecule has 1 aliphatic carbocycles. The van der Waals surface area contributed by atoms with Gasteiger partial charge < -0.3 is 0 Å². The van der Waals surface area contributed by atoms with Gasteiger partial charge in [-0.15, -0.1) is 0 Å². The molecule has 0 heteroatoms. The quantitative estimate of drug-likeness (QED) is 0.531. The molecule has 0 saturated carbocycles. The summed E-state index contributed by atoms with van der Waals surface area (Å²) in [5.41, 5.74) is 0. The van der Waals surface area contributed by atoms with E-state index in [9.17, 15) is 0 Å². The molecule has 0 saturated heterocycles. The summed E-state index contributed by atoms with van der Waals surface area (Å²) in [5, 5.41) is 0. The fraction of sp³-hybridized carbons (Fsp3) is 0.143.